The second kappa shape index (κ2) is 6.14. The van der Waals surface area contributed by atoms with Crippen LogP contribution in [0.1, 0.15) is 45.7 Å². The molecule has 116 valence electrons. The van der Waals surface area contributed by atoms with Crippen LogP contribution >= 0.6 is 0 Å². The highest BCUT2D eigenvalue weighted by Crippen LogP contribution is 2.37. The number of amides is 1. The Morgan fingerprint density at radius 2 is 2.00 bits per heavy atom. The zero-order chi connectivity index (χ0) is 15.6. The van der Waals surface area contributed by atoms with Gasteiger partial charge in [-0.3, -0.25) is 4.79 Å². The molecule has 1 saturated carbocycles. The van der Waals surface area contributed by atoms with Crippen molar-refractivity contribution in [3.63, 3.8) is 0 Å². The zero-order valence-corrected chi connectivity index (χ0v) is 13.2. The van der Waals surface area contributed by atoms with Crippen molar-refractivity contribution >= 4 is 5.91 Å². The molecular formula is C17H24FNO2. The van der Waals surface area contributed by atoms with Crippen LogP contribution in [0.4, 0.5) is 4.39 Å². The Morgan fingerprint density at radius 1 is 1.38 bits per heavy atom. The molecule has 1 aliphatic carbocycles. The first-order valence-electron chi connectivity index (χ1n) is 7.50. The van der Waals surface area contributed by atoms with Gasteiger partial charge in [-0.1, -0.05) is 32.9 Å². The summed E-state index contributed by atoms with van der Waals surface area (Å²) >= 11 is 0. The van der Waals surface area contributed by atoms with Crippen LogP contribution in [-0.2, 0) is 9.53 Å². The number of nitrogens with one attached hydrogen (secondary N) is 1. The summed E-state index contributed by atoms with van der Waals surface area (Å²) in [6.07, 6.45) is 0.851. The molecule has 1 fully saturated rings. The Morgan fingerprint density at radius 3 is 2.52 bits per heavy atom. The number of benzene rings is 1. The van der Waals surface area contributed by atoms with Gasteiger partial charge in [-0.25, -0.2) is 4.39 Å². The van der Waals surface area contributed by atoms with Crippen molar-refractivity contribution in [1.29, 1.82) is 0 Å². The summed E-state index contributed by atoms with van der Waals surface area (Å²) in [6.45, 7) is 8.76. The van der Waals surface area contributed by atoms with Gasteiger partial charge in [-0.2, -0.15) is 0 Å². The van der Waals surface area contributed by atoms with E-state index in [-0.39, 0.29) is 35.2 Å². The molecule has 1 aliphatic rings. The first kappa shape index (κ1) is 16.0. The highest BCUT2D eigenvalue weighted by molar-refractivity contribution is 5.82. The zero-order valence-electron chi connectivity index (χ0n) is 13.2. The maximum absolute atomic E-state index is 13.1. The molecule has 0 heterocycles. The smallest absolute Gasteiger partial charge is 0.226 e. The lowest BCUT2D eigenvalue weighted by atomic mass is 9.82. The summed E-state index contributed by atoms with van der Waals surface area (Å²) in [6, 6.07) is 6.19. The minimum Gasteiger partial charge on any atom is -0.378 e. The average Bonchev–Trinajstić information content (AvgIpc) is 3.16. The predicted octanol–water partition coefficient (Wildman–Crippen LogP) is 3.45. The molecule has 0 aromatic heterocycles. The van der Waals surface area contributed by atoms with E-state index < -0.39 is 0 Å². The Labute approximate surface area is 125 Å². The molecule has 3 atom stereocenters. The largest absolute Gasteiger partial charge is 0.378 e. The van der Waals surface area contributed by atoms with Crippen molar-refractivity contribution in [2.45, 2.75) is 46.3 Å². The van der Waals surface area contributed by atoms with Crippen LogP contribution in [0.15, 0.2) is 24.3 Å². The maximum atomic E-state index is 13.1. The van der Waals surface area contributed by atoms with Crippen molar-refractivity contribution < 1.29 is 13.9 Å². The molecule has 0 spiro atoms. The third-order valence-electron chi connectivity index (χ3n) is 3.81. The summed E-state index contributed by atoms with van der Waals surface area (Å²) in [5.74, 6) is -0.288. The fraction of sp³-hybridized carbons (Fsp3) is 0.588. The lowest BCUT2D eigenvalue weighted by molar-refractivity contribution is -0.124. The molecule has 0 aliphatic heterocycles. The van der Waals surface area contributed by atoms with Gasteiger partial charge in [0.25, 0.3) is 0 Å². The minimum atomic E-state index is -0.267. The van der Waals surface area contributed by atoms with Crippen LogP contribution in [0.5, 0.6) is 0 Å². The first-order valence-corrected chi connectivity index (χ1v) is 7.50. The van der Waals surface area contributed by atoms with Gasteiger partial charge in [0.15, 0.2) is 0 Å². The van der Waals surface area contributed by atoms with Crippen LogP contribution < -0.4 is 5.32 Å². The molecule has 1 N–H and O–H groups in total. The standard InChI is InChI=1S/C17H24FNO2/c1-5-21-14-10-13(14)16(20)19-15(17(2,3)4)11-6-8-12(18)9-7-11/h6-9,13-15H,5,10H2,1-4H3,(H,19,20). The second-order valence-corrected chi connectivity index (χ2v) is 6.70. The third kappa shape index (κ3) is 4.03. The molecule has 1 amide bonds. The molecular weight excluding hydrogens is 269 g/mol. The fourth-order valence-electron chi connectivity index (χ4n) is 2.55. The molecule has 0 saturated heterocycles. The molecule has 4 heteroatoms. The molecule has 21 heavy (non-hydrogen) atoms. The van der Waals surface area contributed by atoms with Gasteiger partial charge in [-0.15, -0.1) is 0 Å². The highest BCUT2D eigenvalue weighted by atomic mass is 19.1. The van der Waals surface area contributed by atoms with E-state index in [2.05, 4.69) is 26.1 Å². The van der Waals surface area contributed by atoms with Crippen molar-refractivity contribution in [2.75, 3.05) is 6.61 Å². The molecule has 3 nitrogen and oxygen atoms in total. The van der Waals surface area contributed by atoms with Crippen LogP contribution in [0.2, 0.25) is 0 Å². The number of carbonyl (C=O) groups is 1. The number of hydrogen-bond donors (Lipinski definition) is 1. The quantitative estimate of drug-likeness (QED) is 0.903. The van der Waals surface area contributed by atoms with E-state index in [0.29, 0.717) is 6.61 Å². The number of ether oxygens (including phenoxy) is 1. The van der Waals surface area contributed by atoms with Crippen LogP contribution in [0.3, 0.4) is 0 Å². The van der Waals surface area contributed by atoms with E-state index >= 15 is 0 Å². The van der Waals surface area contributed by atoms with Gasteiger partial charge in [0, 0.05) is 6.61 Å². The Balaban J connectivity index is 2.08. The molecule has 0 radical (unpaired) electrons. The third-order valence-corrected chi connectivity index (χ3v) is 3.81. The topological polar surface area (TPSA) is 38.3 Å². The van der Waals surface area contributed by atoms with Gasteiger partial charge >= 0.3 is 0 Å². The van der Waals surface area contributed by atoms with Gasteiger partial charge in [-0.05, 0) is 36.5 Å². The number of rotatable bonds is 5. The van der Waals surface area contributed by atoms with Gasteiger partial charge in [0.1, 0.15) is 5.82 Å². The first-order chi connectivity index (χ1) is 9.82. The second-order valence-electron chi connectivity index (χ2n) is 6.70. The van der Waals surface area contributed by atoms with Crippen LogP contribution in [-0.4, -0.2) is 18.6 Å². The summed E-state index contributed by atoms with van der Waals surface area (Å²) in [7, 11) is 0. The lowest BCUT2D eigenvalue weighted by Crippen LogP contribution is -2.38. The Hall–Kier alpha value is -1.42. The molecule has 0 bridgehead atoms. The number of carbonyl (C=O) groups excluding carboxylic acids is 1. The average molecular weight is 293 g/mol. The molecule has 1 aromatic carbocycles. The summed E-state index contributed by atoms with van der Waals surface area (Å²) in [5.41, 5.74) is 0.773. The predicted molar refractivity (Wildman–Crippen MR) is 80.3 cm³/mol. The lowest BCUT2D eigenvalue weighted by Gasteiger charge is -2.32. The van der Waals surface area contributed by atoms with Gasteiger partial charge in [0.2, 0.25) is 5.91 Å². The van der Waals surface area contributed by atoms with E-state index in [0.717, 1.165) is 12.0 Å². The number of halogens is 1. The van der Waals surface area contributed by atoms with Gasteiger partial charge < -0.3 is 10.1 Å². The Kier molecular flexibility index (Phi) is 4.67. The minimum absolute atomic E-state index is 0.0256. The molecule has 2 rings (SSSR count). The highest BCUT2D eigenvalue weighted by Gasteiger charge is 2.45. The van der Waals surface area contributed by atoms with E-state index in [9.17, 15) is 9.18 Å². The van der Waals surface area contributed by atoms with Gasteiger partial charge in [0.05, 0.1) is 18.1 Å². The summed E-state index contributed by atoms with van der Waals surface area (Å²) < 4.78 is 18.5. The van der Waals surface area contributed by atoms with E-state index in [1.165, 1.54) is 12.1 Å². The van der Waals surface area contributed by atoms with Crippen LogP contribution in [0, 0.1) is 17.2 Å². The SMILES string of the molecule is CCOC1CC1C(=O)NC(c1ccc(F)cc1)C(C)(C)C. The fourth-order valence-corrected chi connectivity index (χ4v) is 2.55. The van der Waals surface area contributed by atoms with E-state index in [4.69, 9.17) is 4.74 Å². The van der Waals surface area contributed by atoms with Crippen molar-refractivity contribution in [2.24, 2.45) is 11.3 Å². The van der Waals surface area contributed by atoms with Crippen LogP contribution in [0.25, 0.3) is 0 Å². The monoisotopic (exact) mass is 293 g/mol. The maximum Gasteiger partial charge on any atom is 0.226 e. The molecule has 1 aromatic rings. The van der Waals surface area contributed by atoms with Crippen molar-refractivity contribution in [3.8, 4) is 0 Å². The summed E-state index contributed by atoms with van der Waals surface area (Å²) in [5, 5.41) is 3.10. The normalized spacial score (nSPS) is 22.7. The number of hydrogen-bond acceptors (Lipinski definition) is 2. The molecule has 3 unspecified atom stereocenters. The van der Waals surface area contributed by atoms with E-state index in [1.807, 2.05) is 6.92 Å². The summed E-state index contributed by atoms with van der Waals surface area (Å²) in [4.78, 5) is 12.3. The van der Waals surface area contributed by atoms with E-state index in [1.54, 1.807) is 12.1 Å². The Bertz CT molecular complexity index is 493. The van der Waals surface area contributed by atoms with Crippen molar-refractivity contribution in [1.82, 2.24) is 5.32 Å². The van der Waals surface area contributed by atoms with Crippen molar-refractivity contribution in [3.05, 3.63) is 35.6 Å².